The van der Waals surface area contributed by atoms with Gasteiger partial charge in [-0.3, -0.25) is 4.79 Å². The second-order valence-corrected chi connectivity index (χ2v) is 7.61. The third kappa shape index (κ3) is 5.20. The SMILES string of the molecule is C[C@H]1C[C@@H](C(=O)NCc2nnc(C(C)(C)C)s2)CCN1.Cl. The van der Waals surface area contributed by atoms with E-state index in [4.69, 9.17) is 0 Å². The van der Waals surface area contributed by atoms with Crippen LogP contribution in [0, 0.1) is 5.92 Å². The smallest absolute Gasteiger partial charge is 0.223 e. The van der Waals surface area contributed by atoms with Crippen molar-refractivity contribution in [2.75, 3.05) is 6.54 Å². The molecule has 0 bridgehead atoms. The van der Waals surface area contributed by atoms with E-state index >= 15 is 0 Å². The summed E-state index contributed by atoms with van der Waals surface area (Å²) in [5.41, 5.74) is 0.0183. The largest absolute Gasteiger partial charge is 0.349 e. The van der Waals surface area contributed by atoms with Gasteiger partial charge < -0.3 is 10.6 Å². The van der Waals surface area contributed by atoms with Crippen LogP contribution >= 0.6 is 23.7 Å². The minimum absolute atomic E-state index is 0. The predicted octanol–water partition coefficient (Wildman–Crippen LogP) is 2.26. The van der Waals surface area contributed by atoms with E-state index in [-0.39, 0.29) is 29.6 Å². The second kappa shape index (κ2) is 7.51. The average Bonchev–Trinajstić information content (AvgIpc) is 2.84. The molecule has 1 amide bonds. The van der Waals surface area contributed by atoms with Gasteiger partial charge in [-0.15, -0.1) is 22.6 Å². The van der Waals surface area contributed by atoms with Crippen LogP contribution in [-0.2, 0) is 16.8 Å². The topological polar surface area (TPSA) is 66.9 Å². The molecule has 0 spiro atoms. The Balaban J connectivity index is 0.00000220. The molecule has 2 rings (SSSR count). The Morgan fingerprint density at radius 3 is 2.71 bits per heavy atom. The summed E-state index contributed by atoms with van der Waals surface area (Å²) in [5.74, 6) is 0.270. The zero-order valence-corrected chi connectivity index (χ0v) is 14.7. The number of carbonyl (C=O) groups excluding carboxylic acids is 1. The van der Waals surface area contributed by atoms with E-state index in [1.165, 1.54) is 0 Å². The Kier molecular flexibility index (Phi) is 6.56. The molecule has 5 nitrogen and oxygen atoms in total. The summed E-state index contributed by atoms with van der Waals surface area (Å²) >= 11 is 1.58. The minimum atomic E-state index is 0. The molecule has 7 heteroatoms. The molecule has 2 heterocycles. The first-order valence-corrected chi connectivity index (χ1v) is 8.02. The van der Waals surface area contributed by atoms with Crippen molar-refractivity contribution in [3.8, 4) is 0 Å². The van der Waals surface area contributed by atoms with Gasteiger partial charge in [0.05, 0.1) is 6.54 Å². The van der Waals surface area contributed by atoms with Gasteiger partial charge in [-0.05, 0) is 26.3 Å². The summed E-state index contributed by atoms with van der Waals surface area (Å²) in [5, 5.41) is 16.6. The molecule has 2 atom stereocenters. The highest BCUT2D eigenvalue weighted by atomic mass is 35.5. The summed E-state index contributed by atoms with van der Waals surface area (Å²) in [4.78, 5) is 12.1. The van der Waals surface area contributed by atoms with Crippen molar-refractivity contribution < 1.29 is 4.79 Å². The van der Waals surface area contributed by atoms with Crippen LogP contribution in [0.3, 0.4) is 0 Å². The average molecular weight is 333 g/mol. The fourth-order valence-electron chi connectivity index (χ4n) is 2.31. The molecular weight excluding hydrogens is 308 g/mol. The number of rotatable bonds is 3. The minimum Gasteiger partial charge on any atom is -0.349 e. The van der Waals surface area contributed by atoms with E-state index < -0.39 is 0 Å². The van der Waals surface area contributed by atoms with Crippen molar-refractivity contribution in [3.63, 3.8) is 0 Å². The van der Waals surface area contributed by atoms with E-state index in [1.807, 2.05) is 0 Å². The second-order valence-electron chi connectivity index (χ2n) is 6.55. The van der Waals surface area contributed by atoms with E-state index in [0.717, 1.165) is 29.4 Å². The third-order valence-corrected chi connectivity index (χ3v) is 4.87. The Bertz CT molecular complexity index is 472. The Hall–Kier alpha value is -0.720. The molecule has 1 aromatic rings. The van der Waals surface area contributed by atoms with Gasteiger partial charge in [0, 0.05) is 17.4 Å². The van der Waals surface area contributed by atoms with Crippen LogP contribution in [0.2, 0.25) is 0 Å². The van der Waals surface area contributed by atoms with Crippen LogP contribution in [0.5, 0.6) is 0 Å². The van der Waals surface area contributed by atoms with Crippen LogP contribution in [0.25, 0.3) is 0 Å². The summed E-state index contributed by atoms with van der Waals surface area (Å²) in [6.07, 6.45) is 1.83. The molecule has 1 aromatic heterocycles. The molecule has 21 heavy (non-hydrogen) atoms. The monoisotopic (exact) mass is 332 g/mol. The van der Waals surface area contributed by atoms with Gasteiger partial charge in [-0.25, -0.2) is 0 Å². The lowest BCUT2D eigenvalue weighted by atomic mass is 9.92. The fraction of sp³-hybridized carbons (Fsp3) is 0.786. The van der Waals surface area contributed by atoms with Crippen molar-refractivity contribution in [3.05, 3.63) is 10.0 Å². The molecule has 0 aliphatic carbocycles. The molecule has 0 saturated carbocycles. The number of nitrogens with zero attached hydrogens (tertiary/aromatic N) is 2. The van der Waals surface area contributed by atoms with Gasteiger partial charge in [0.15, 0.2) is 0 Å². The first kappa shape index (κ1) is 18.3. The molecule has 1 saturated heterocycles. The first-order valence-electron chi connectivity index (χ1n) is 7.20. The number of hydrogen-bond donors (Lipinski definition) is 2. The zero-order valence-electron chi connectivity index (χ0n) is 13.1. The lowest BCUT2D eigenvalue weighted by Crippen LogP contribution is -2.42. The Morgan fingerprint density at radius 1 is 1.43 bits per heavy atom. The van der Waals surface area contributed by atoms with Crippen molar-refractivity contribution in [1.29, 1.82) is 0 Å². The van der Waals surface area contributed by atoms with Gasteiger partial charge in [0.25, 0.3) is 0 Å². The number of amides is 1. The summed E-state index contributed by atoms with van der Waals surface area (Å²) in [7, 11) is 0. The predicted molar refractivity (Wildman–Crippen MR) is 87.9 cm³/mol. The molecule has 0 radical (unpaired) electrons. The quantitative estimate of drug-likeness (QED) is 0.891. The number of halogens is 1. The van der Waals surface area contributed by atoms with Crippen LogP contribution in [0.1, 0.15) is 50.6 Å². The number of nitrogens with one attached hydrogen (secondary N) is 2. The fourth-order valence-corrected chi connectivity index (χ4v) is 3.14. The summed E-state index contributed by atoms with van der Waals surface area (Å²) in [6.45, 7) is 9.89. The molecule has 1 aliphatic heterocycles. The van der Waals surface area contributed by atoms with Gasteiger partial charge >= 0.3 is 0 Å². The van der Waals surface area contributed by atoms with Gasteiger partial charge in [0.2, 0.25) is 5.91 Å². The van der Waals surface area contributed by atoms with Crippen molar-refractivity contribution in [1.82, 2.24) is 20.8 Å². The molecule has 120 valence electrons. The number of aromatic nitrogens is 2. The highest BCUT2D eigenvalue weighted by Gasteiger charge is 2.25. The van der Waals surface area contributed by atoms with Crippen molar-refractivity contribution in [2.24, 2.45) is 5.92 Å². The maximum atomic E-state index is 12.1. The first-order chi connectivity index (χ1) is 9.36. The van der Waals surface area contributed by atoms with Crippen molar-refractivity contribution in [2.45, 2.75) is 58.5 Å². The lowest BCUT2D eigenvalue weighted by molar-refractivity contribution is -0.126. The third-order valence-electron chi connectivity index (χ3n) is 3.52. The highest BCUT2D eigenvalue weighted by molar-refractivity contribution is 7.11. The number of carbonyl (C=O) groups is 1. The highest BCUT2D eigenvalue weighted by Crippen LogP contribution is 2.25. The number of hydrogen-bond acceptors (Lipinski definition) is 5. The number of piperidine rings is 1. The van der Waals surface area contributed by atoms with Crippen LogP contribution in [0.4, 0.5) is 0 Å². The van der Waals surface area contributed by atoms with Crippen LogP contribution < -0.4 is 10.6 Å². The zero-order chi connectivity index (χ0) is 14.8. The van der Waals surface area contributed by atoms with Gasteiger partial charge in [-0.1, -0.05) is 32.1 Å². The van der Waals surface area contributed by atoms with E-state index in [1.54, 1.807) is 11.3 Å². The van der Waals surface area contributed by atoms with E-state index in [2.05, 4.69) is 48.5 Å². The van der Waals surface area contributed by atoms with E-state index in [0.29, 0.717) is 12.6 Å². The molecule has 2 N–H and O–H groups in total. The lowest BCUT2D eigenvalue weighted by Gasteiger charge is -2.26. The van der Waals surface area contributed by atoms with Crippen LogP contribution in [-0.4, -0.2) is 28.7 Å². The molecule has 1 aliphatic rings. The van der Waals surface area contributed by atoms with E-state index in [9.17, 15) is 4.79 Å². The van der Waals surface area contributed by atoms with Gasteiger partial charge in [-0.2, -0.15) is 0 Å². The Morgan fingerprint density at radius 2 is 2.14 bits per heavy atom. The molecular formula is C14H25ClN4OS. The molecule has 0 aromatic carbocycles. The summed E-state index contributed by atoms with van der Waals surface area (Å²) < 4.78 is 0. The Labute approximate surface area is 136 Å². The maximum Gasteiger partial charge on any atom is 0.223 e. The molecule has 0 unspecified atom stereocenters. The standard InChI is InChI=1S/C14H24N4OS.ClH/c1-9-7-10(5-6-15-9)12(19)16-8-11-17-18-13(20-11)14(2,3)4;/h9-10,15H,5-8H2,1-4H3,(H,16,19);1H/t9-,10-;/m0./s1. The van der Waals surface area contributed by atoms with Crippen LogP contribution in [0.15, 0.2) is 0 Å². The normalized spacial score (nSPS) is 22.5. The molecule has 1 fully saturated rings. The maximum absolute atomic E-state index is 12.1. The van der Waals surface area contributed by atoms with Crippen molar-refractivity contribution >= 4 is 29.7 Å². The van der Waals surface area contributed by atoms with Gasteiger partial charge in [0.1, 0.15) is 10.0 Å². The summed E-state index contributed by atoms with van der Waals surface area (Å²) in [6, 6.07) is 0.425.